The number of nitrogens with one attached hydrogen (secondary N) is 2. The van der Waals surface area contributed by atoms with Gasteiger partial charge in [-0.2, -0.15) is 5.10 Å². The number of nitrogens with zero attached hydrogens (tertiary/aromatic N) is 2. The fourth-order valence-corrected chi connectivity index (χ4v) is 1.97. The van der Waals surface area contributed by atoms with E-state index in [0.29, 0.717) is 16.9 Å². The summed E-state index contributed by atoms with van der Waals surface area (Å²) in [6, 6.07) is 8.66. The number of carbonyl (C=O) groups excluding carboxylic acids is 1. The van der Waals surface area contributed by atoms with Gasteiger partial charge >= 0.3 is 5.76 Å². The predicted molar refractivity (Wildman–Crippen MR) is 72.4 cm³/mol. The highest BCUT2D eigenvalue weighted by atomic mass is 16.4. The van der Waals surface area contributed by atoms with Crippen LogP contribution in [0.1, 0.15) is 5.69 Å². The first kappa shape index (κ1) is 12.2. The average Bonchev–Trinajstić information content (AvgIpc) is 2.94. The molecule has 0 atom stereocenters. The van der Waals surface area contributed by atoms with Crippen LogP contribution in [0.2, 0.25) is 0 Å². The fraction of sp³-hybridized carbons (Fsp3) is 0.154. The lowest BCUT2D eigenvalue weighted by Crippen LogP contribution is -2.24. The number of fused-ring (bicyclic) bond motifs is 1. The Morgan fingerprint density at radius 2 is 2.25 bits per heavy atom. The maximum Gasteiger partial charge on any atom is 0.420 e. The summed E-state index contributed by atoms with van der Waals surface area (Å²) in [5.41, 5.74) is 1.89. The largest absolute Gasteiger partial charge is 0.420 e. The van der Waals surface area contributed by atoms with Crippen LogP contribution >= 0.6 is 0 Å². The zero-order valence-electron chi connectivity index (χ0n) is 10.7. The molecule has 0 fully saturated rings. The minimum atomic E-state index is -0.556. The van der Waals surface area contributed by atoms with E-state index in [0.717, 1.165) is 5.69 Å². The summed E-state index contributed by atoms with van der Waals surface area (Å²) in [5.74, 6) is -0.474. The summed E-state index contributed by atoms with van der Waals surface area (Å²) in [7, 11) is 0. The number of carbonyl (C=O) groups is 1. The van der Waals surface area contributed by atoms with Crippen LogP contribution in [0.3, 0.4) is 0 Å². The fourth-order valence-electron chi connectivity index (χ4n) is 1.97. The van der Waals surface area contributed by atoms with E-state index in [4.69, 9.17) is 4.42 Å². The van der Waals surface area contributed by atoms with Crippen LogP contribution in [0.25, 0.3) is 11.1 Å². The molecular weight excluding hydrogens is 260 g/mol. The Morgan fingerprint density at radius 3 is 3.00 bits per heavy atom. The molecule has 7 nitrogen and oxygen atoms in total. The third-order valence-electron chi connectivity index (χ3n) is 2.85. The Bertz CT molecular complexity index is 827. The maximum atomic E-state index is 11.9. The van der Waals surface area contributed by atoms with Crippen LogP contribution in [-0.4, -0.2) is 20.7 Å². The number of benzene rings is 1. The molecule has 7 heteroatoms. The molecule has 0 unspecified atom stereocenters. The quantitative estimate of drug-likeness (QED) is 0.750. The van der Waals surface area contributed by atoms with Gasteiger partial charge in [0.1, 0.15) is 6.54 Å². The first-order chi connectivity index (χ1) is 9.63. The second kappa shape index (κ2) is 4.69. The molecule has 2 heterocycles. The number of hydrogen-bond donors (Lipinski definition) is 2. The van der Waals surface area contributed by atoms with Gasteiger partial charge in [0.15, 0.2) is 11.4 Å². The van der Waals surface area contributed by atoms with Crippen molar-refractivity contribution in [2.24, 2.45) is 0 Å². The van der Waals surface area contributed by atoms with Crippen molar-refractivity contribution in [1.82, 2.24) is 14.8 Å². The van der Waals surface area contributed by atoms with Crippen LogP contribution < -0.4 is 11.1 Å². The third kappa shape index (κ3) is 2.20. The third-order valence-corrected chi connectivity index (χ3v) is 2.85. The van der Waals surface area contributed by atoms with Crippen molar-refractivity contribution in [3.05, 3.63) is 46.6 Å². The standard InChI is InChI=1S/C13H12N4O3/c1-8-6-11(16-15-8)14-12(18)7-17-9-4-2-3-5-10(9)20-13(17)19/h2-6H,7H2,1H3,(H2,14,15,16,18). The van der Waals surface area contributed by atoms with Gasteiger partial charge in [-0.1, -0.05) is 12.1 Å². The van der Waals surface area contributed by atoms with Crippen molar-refractivity contribution < 1.29 is 9.21 Å². The summed E-state index contributed by atoms with van der Waals surface area (Å²) in [6.45, 7) is 1.71. The van der Waals surface area contributed by atoms with Crippen molar-refractivity contribution in [3.8, 4) is 0 Å². The Morgan fingerprint density at radius 1 is 1.45 bits per heavy atom. The molecule has 1 amide bonds. The van der Waals surface area contributed by atoms with Gasteiger partial charge in [-0.05, 0) is 19.1 Å². The first-order valence-corrected chi connectivity index (χ1v) is 6.04. The van der Waals surface area contributed by atoms with Gasteiger partial charge in [0.25, 0.3) is 0 Å². The zero-order valence-corrected chi connectivity index (χ0v) is 10.7. The van der Waals surface area contributed by atoms with Gasteiger partial charge < -0.3 is 9.73 Å². The number of H-pyrrole nitrogens is 1. The molecule has 0 spiro atoms. The molecule has 2 aromatic heterocycles. The minimum absolute atomic E-state index is 0.123. The number of amides is 1. The molecule has 1 aromatic carbocycles. The highest BCUT2D eigenvalue weighted by molar-refractivity contribution is 5.90. The average molecular weight is 272 g/mol. The lowest BCUT2D eigenvalue weighted by molar-refractivity contribution is -0.116. The number of anilines is 1. The summed E-state index contributed by atoms with van der Waals surface area (Å²) in [5, 5.41) is 9.23. The molecule has 2 N–H and O–H groups in total. The number of aromatic amines is 1. The van der Waals surface area contributed by atoms with E-state index >= 15 is 0 Å². The number of rotatable bonds is 3. The number of aryl methyl sites for hydroxylation is 1. The molecule has 0 aliphatic carbocycles. The Hall–Kier alpha value is -2.83. The summed E-state index contributed by atoms with van der Waals surface area (Å²) < 4.78 is 6.34. The van der Waals surface area contributed by atoms with Crippen LogP contribution in [0.5, 0.6) is 0 Å². The molecule has 0 aliphatic rings. The van der Waals surface area contributed by atoms with Gasteiger partial charge in [-0.25, -0.2) is 4.79 Å². The van der Waals surface area contributed by atoms with E-state index in [1.807, 2.05) is 6.92 Å². The highest BCUT2D eigenvalue weighted by Crippen LogP contribution is 2.12. The van der Waals surface area contributed by atoms with Crippen LogP contribution in [0.4, 0.5) is 5.82 Å². The normalized spacial score (nSPS) is 10.8. The topological polar surface area (TPSA) is 92.9 Å². The van der Waals surface area contributed by atoms with E-state index in [1.54, 1.807) is 30.3 Å². The van der Waals surface area contributed by atoms with E-state index in [9.17, 15) is 9.59 Å². The Labute approximate surface area is 113 Å². The molecule has 0 aliphatic heterocycles. The summed E-state index contributed by atoms with van der Waals surface area (Å²) >= 11 is 0. The van der Waals surface area contributed by atoms with E-state index in [1.165, 1.54) is 4.57 Å². The minimum Gasteiger partial charge on any atom is -0.408 e. The van der Waals surface area contributed by atoms with Crippen molar-refractivity contribution >= 4 is 22.8 Å². The van der Waals surface area contributed by atoms with Crippen molar-refractivity contribution in [2.75, 3.05) is 5.32 Å². The highest BCUT2D eigenvalue weighted by Gasteiger charge is 2.12. The molecule has 0 bridgehead atoms. The van der Waals surface area contributed by atoms with Crippen LogP contribution in [0.15, 0.2) is 39.5 Å². The molecular formula is C13H12N4O3. The van der Waals surface area contributed by atoms with Crippen molar-refractivity contribution in [3.63, 3.8) is 0 Å². The smallest absolute Gasteiger partial charge is 0.408 e. The first-order valence-electron chi connectivity index (χ1n) is 6.04. The van der Waals surface area contributed by atoms with Gasteiger partial charge in [-0.3, -0.25) is 14.5 Å². The molecule has 0 saturated heterocycles. The molecule has 3 aromatic rings. The van der Waals surface area contributed by atoms with Gasteiger partial charge in [0, 0.05) is 11.8 Å². The molecule has 3 rings (SSSR count). The number of oxazole rings is 1. The summed E-state index contributed by atoms with van der Waals surface area (Å²) in [6.07, 6.45) is 0. The van der Waals surface area contributed by atoms with E-state index in [-0.39, 0.29) is 12.5 Å². The maximum absolute atomic E-state index is 11.9. The predicted octanol–water partition coefficient (Wildman–Crippen LogP) is 1.26. The number of hydrogen-bond acceptors (Lipinski definition) is 4. The van der Waals surface area contributed by atoms with Gasteiger partial charge in [-0.15, -0.1) is 0 Å². The lowest BCUT2D eigenvalue weighted by Gasteiger charge is -2.02. The SMILES string of the molecule is Cc1cc(NC(=O)Cn2c(=O)oc3ccccc32)n[nH]1. The second-order valence-corrected chi connectivity index (χ2v) is 4.41. The number of aromatic nitrogens is 3. The van der Waals surface area contributed by atoms with Gasteiger partial charge in [0.05, 0.1) is 5.52 Å². The van der Waals surface area contributed by atoms with E-state index in [2.05, 4.69) is 15.5 Å². The van der Waals surface area contributed by atoms with Crippen LogP contribution in [0, 0.1) is 6.92 Å². The van der Waals surface area contributed by atoms with Crippen LogP contribution in [-0.2, 0) is 11.3 Å². The molecule has 0 saturated carbocycles. The lowest BCUT2D eigenvalue weighted by atomic mass is 10.3. The Balaban J connectivity index is 1.84. The number of para-hydroxylation sites is 2. The van der Waals surface area contributed by atoms with E-state index < -0.39 is 5.76 Å². The second-order valence-electron chi connectivity index (χ2n) is 4.41. The zero-order chi connectivity index (χ0) is 14.1. The van der Waals surface area contributed by atoms with Crippen molar-refractivity contribution in [1.29, 1.82) is 0 Å². The Kier molecular flexibility index (Phi) is 2.86. The summed E-state index contributed by atoms with van der Waals surface area (Å²) in [4.78, 5) is 23.6. The van der Waals surface area contributed by atoms with Crippen molar-refractivity contribution in [2.45, 2.75) is 13.5 Å². The molecule has 0 radical (unpaired) electrons. The monoisotopic (exact) mass is 272 g/mol. The van der Waals surface area contributed by atoms with Gasteiger partial charge in [0.2, 0.25) is 5.91 Å². The molecule has 102 valence electrons. The molecule has 20 heavy (non-hydrogen) atoms.